The number of nitrogens with one attached hydrogen (secondary N) is 2. The number of hydrogen-bond donors (Lipinski definition) is 7. The molecule has 2 aliphatic carbocycles. The van der Waals surface area contributed by atoms with E-state index in [0.717, 1.165) is 38.5 Å². The zero-order chi connectivity index (χ0) is 44.2. The Morgan fingerprint density at radius 2 is 1.59 bits per heavy atom. The predicted molar refractivity (Wildman–Crippen MR) is 217 cm³/mol. The summed E-state index contributed by atoms with van der Waals surface area (Å²) in [5.74, 6) is -1.51. The average Bonchev–Trinajstić information content (AvgIpc) is 3.22. The number of likely N-dealkylation sites (tertiary alicyclic amines) is 1. The molecular formula is C43H73N3O15. The third kappa shape index (κ3) is 13.3. The van der Waals surface area contributed by atoms with Crippen LogP contribution in [0.1, 0.15) is 111 Å². The number of rotatable bonds is 21. The highest BCUT2D eigenvalue weighted by molar-refractivity contribution is 5.82. The molecule has 18 heteroatoms. The lowest BCUT2D eigenvalue weighted by Crippen LogP contribution is -2.67. The summed E-state index contributed by atoms with van der Waals surface area (Å²) < 4.78 is 37.0. The molecule has 15 atom stereocenters. The molecule has 0 aromatic heterocycles. The van der Waals surface area contributed by atoms with E-state index in [0.29, 0.717) is 64.8 Å². The number of Topliss-reactive ketones (excluding diaryl/α,β-unsaturated/α-hetero) is 1. The first-order valence-corrected chi connectivity index (χ1v) is 22.7. The normalized spacial score (nSPS) is 36.4. The van der Waals surface area contributed by atoms with Crippen LogP contribution in [0.2, 0.25) is 0 Å². The Bertz CT molecular complexity index is 1400. The highest BCUT2D eigenvalue weighted by atomic mass is 16.7. The summed E-state index contributed by atoms with van der Waals surface area (Å²) in [6, 6.07) is -1.19. The monoisotopic (exact) mass is 872 g/mol. The van der Waals surface area contributed by atoms with Gasteiger partial charge >= 0.3 is 0 Å². The van der Waals surface area contributed by atoms with Crippen LogP contribution in [-0.4, -0.2) is 174 Å². The number of carbonyl (C=O) groups excluding carboxylic acids is 4. The van der Waals surface area contributed by atoms with Crippen molar-refractivity contribution in [3.63, 3.8) is 0 Å². The molecule has 2 saturated carbocycles. The first-order valence-electron chi connectivity index (χ1n) is 22.7. The predicted octanol–water partition coefficient (Wildman–Crippen LogP) is 0.452. The Morgan fingerprint density at radius 1 is 0.852 bits per heavy atom. The van der Waals surface area contributed by atoms with Gasteiger partial charge in [-0.2, -0.15) is 0 Å². The molecule has 5 fully saturated rings. The molecule has 0 bridgehead atoms. The van der Waals surface area contributed by atoms with Crippen molar-refractivity contribution in [2.75, 3.05) is 40.0 Å². The van der Waals surface area contributed by atoms with Crippen molar-refractivity contribution in [2.45, 2.75) is 190 Å². The van der Waals surface area contributed by atoms with E-state index in [1.165, 1.54) is 6.92 Å². The minimum atomic E-state index is -1.62. The lowest BCUT2D eigenvalue weighted by atomic mass is 9.74. The van der Waals surface area contributed by atoms with Gasteiger partial charge in [-0.15, -0.1) is 0 Å². The van der Waals surface area contributed by atoms with E-state index in [4.69, 9.17) is 28.4 Å². The molecule has 3 amide bonds. The van der Waals surface area contributed by atoms with Crippen molar-refractivity contribution in [2.24, 2.45) is 17.8 Å². The maximum Gasteiger partial charge on any atom is 0.251 e. The second-order valence-electron chi connectivity index (χ2n) is 17.8. The van der Waals surface area contributed by atoms with Gasteiger partial charge in [0.15, 0.2) is 12.6 Å². The van der Waals surface area contributed by atoms with Gasteiger partial charge in [0.25, 0.3) is 5.91 Å². The van der Waals surface area contributed by atoms with Crippen LogP contribution in [0.15, 0.2) is 0 Å². The fourth-order valence-electron chi connectivity index (χ4n) is 9.52. The van der Waals surface area contributed by atoms with Gasteiger partial charge in [0, 0.05) is 59.0 Å². The van der Waals surface area contributed by atoms with Crippen molar-refractivity contribution in [1.82, 2.24) is 15.5 Å². The average molecular weight is 872 g/mol. The van der Waals surface area contributed by atoms with Gasteiger partial charge in [-0.05, 0) is 57.3 Å². The van der Waals surface area contributed by atoms with E-state index in [1.807, 2.05) is 6.92 Å². The lowest BCUT2D eigenvalue weighted by molar-refractivity contribution is -0.338. The van der Waals surface area contributed by atoms with E-state index in [9.17, 15) is 44.7 Å². The van der Waals surface area contributed by atoms with E-state index in [2.05, 4.69) is 10.6 Å². The van der Waals surface area contributed by atoms with E-state index in [-0.39, 0.29) is 42.3 Å². The van der Waals surface area contributed by atoms with E-state index >= 15 is 0 Å². The van der Waals surface area contributed by atoms with Crippen molar-refractivity contribution >= 4 is 23.5 Å². The Kier molecular flexibility index (Phi) is 19.6. The van der Waals surface area contributed by atoms with Crippen molar-refractivity contribution in [3.05, 3.63) is 0 Å². The SMILES string of the molecule is CCC1CC(C(=O)CCCNC(=O)CCCOC)C[C@@H](O[C@@H]2O[C@@H](CO)[C@H](O)C(O[C@@H](CC3CCCCC3)C(=O)N3CCC3)C2NC(C)=O)[C@@H]1O[C@@H]1OC(C)[C@@H](O)[C@H](O)C1O. The molecule has 3 heterocycles. The van der Waals surface area contributed by atoms with Crippen LogP contribution in [0, 0.1) is 17.8 Å². The molecule has 5 rings (SSSR count). The minimum absolute atomic E-state index is 0.0526. The van der Waals surface area contributed by atoms with Crippen molar-refractivity contribution in [1.29, 1.82) is 0 Å². The summed E-state index contributed by atoms with van der Waals surface area (Å²) in [7, 11) is 1.57. The zero-order valence-corrected chi connectivity index (χ0v) is 36.4. The summed E-state index contributed by atoms with van der Waals surface area (Å²) in [6.07, 6.45) is -6.06. The van der Waals surface area contributed by atoms with Gasteiger partial charge in [-0.1, -0.05) is 45.4 Å². The van der Waals surface area contributed by atoms with Crippen LogP contribution in [0.25, 0.3) is 0 Å². The van der Waals surface area contributed by atoms with Gasteiger partial charge < -0.3 is 69.5 Å². The molecule has 3 saturated heterocycles. The van der Waals surface area contributed by atoms with Gasteiger partial charge in [-0.3, -0.25) is 19.2 Å². The van der Waals surface area contributed by atoms with E-state index in [1.54, 1.807) is 18.9 Å². The van der Waals surface area contributed by atoms with Crippen molar-refractivity contribution in [3.8, 4) is 0 Å². The highest BCUT2D eigenvalue weighted by Gasteiger charge is 2.53. The summed E-state index contributed by atoms with van der Waals surface area (Å²) in [6.45, 7) is 6.10. The van der Waals surface area contributed by atoms with Crippen LogP contribution < -0.4 is 10.6 Å². The molecule has 0 radical (unpaired) electrons. The number of aliphatic hydroxyl groups is 5. The first kappa shape index (κ1) is 49.7. The zero-order valence-electron chi connectivity index (χ0n) is 36.4. The number of methoxy groups -OCH3 is 1. The number of ketones is 1. The highest BCUT2D eigenvalue weighted by Crippen LogP contribution is 2.40. The maximum atomic E-state index is 13.9. The molecule has 5 aliphatic rings. The van der Waals surface area contributed by atoms with Crippen LogP contribution in [0.5, 0.6) is 0 Å². The number of carbonyl (C=O) groups is 4. The topological polar surface area (TPSA) is 252 Å². The summed E-state index contributed by atoms with van der Waals surface area (Å²) >= 11 is 0. The first-order chi connectivity index (χ1) is 29.3. The fourth-order valence-corrected chi connectivity index (χ4v) is 9.52. The standard InChI is InChI=1S/C43H73N3O15/c1-5-27-21-28(29(49)14-9-16-44-33(50)15-10-19-56-4)22-30(39(27)61-43-38(54)37(53)35(51)24(2)57-43)59-42-34(45-25(3)48)40(36(52)32(23-47)60-42)58-31(41(55)46-17-11-18-46)20-26-12-7-6-8-13-26/h24,26-28,30-32,34-40,42-43,47,51-54H,5-23H2,1-4H3,(H,44,50)(H,45,48)/t24?,27?,28?,30-,31+,32+,34?,35-,36+,37+,38?,39-,40?,42-,43+/m1/s1. The Hall–Kier alpha value is -2.36. The molecule has 6 unspecified atom stereocenters. The second kappa shape index (κ2) is 24.1. The fraction of sp³-hybridized carbons (Fsp3) is 0.907. The molecule has 0 spiro atoms. The molecule has 3 aliphatic heterocycles. The quantitative estimate of drug-likeness (QED) is 0.0774. The maximum absolute atomic E-state index is 13.9. The van der Waals surface area contributed by atoms with Gasteiger partial charge in [0.2, 0.25) is 11.8 Å². The summed E-state index contributed by atoms with van der Waals surface area (Å²) in [5.41, 5.74) is 0. The number of hydrogen-bond acceptors (Lipinski definition) is 15. The van der Waals surface area contributed by atoms with Crippen LogP contribution in [-0.2, 0) is 47.6 Å². The molecule has 18 nitrogen and oxygen atoms in total. The Labute approximate surface area is 359 Å². The molecule has 61 heavy (non-hydrogen) atoms. The van der Waals surface area contributed by atoms with E-state index < -0.39 is 98.1 Å². The number of ether oxygens (including phenoxy) is 6. The Morgan fingerprint density at radius 3 is 2.23 bits per heavy atom. The van der Waals surface area contributed by atoms with Crippen molar-refractivity contribution < 1.29 is 73.1 Å². The number of amides is 3. The number of aliphatic hydroxyl groups excluding tert-OH is 5. The van der Waals surface area contributed by atoms with Gasteiger partial charge in [0.1, 0.15) is 54.6 Å². The smallest absolute Gasteiger partial charge is 0.251 e. The third-order valence-corrected chi connectivity index (χ3v) is 13.3. The van der Waals surface area contributed by atoms with Crippen LogP contribution >= 0.6 is 0 Å². The summed E-state index contributed by atoms with van der Waals surface area (Å²) in [4.78, 5) is 54.7. The molecule has 0 aromatic rings. The lowest BCUT2D eigenvalue weighted by Gasteiger charge is -2.49. The van der Waals surface area contributed by atoms with Gasteiger partial charge in [-0.25, -0.2) is 0 Å². The summed E-state index contributed by atoms with van der Waals surface area (Å²) in [5, 5.41) is 59.9. The van der Waals surface area contributed by atoms with Crippen LogP contribution in [0.3, 0.4) is 0 Å². The minimum Gasteiger partial charge on any atom is -0.394 e. The third-order valence-electron chi connectivity index (χ3n) is 13.3. The number of nitrogens with zero attached hydrogens (tertiary/aromatic N) is 1. The second-order valence-corrected chi connectivity index (χ2v) is 17.8. The van der Waals surface area contributed by atoms with Gasteiger partial charge in [0.05, 0.1) is 24.9 Å². The van der Waals surface area contributed by atoms with Crippen LogP contribution in [0.4, 0.5) is 0 Å². The molecule has 7 N–H and O–H groups in total. The molecular weight excluding hydrogens is 798 g/mol. The largest absolute Gasteiger partial charge is 0.394 e. The molecule has 0 aromatic carbocycles. The Balaban J connectivity index is 1.41. The molecule has 350 valence electrons.